The molecule has 0 amide bonds. The quantitative estimate of drug-likeness (QED) is 0.650. The molecule has 3 rings (SSSR count). The highest BCUT2D eigenvalue weighted by atomic mass is 35.5. The highest BCUT2D eigenvalue weighted by molar-refractivity contribution is 7.98. The Morgan fingerprint density at radius 1 is 1.32 bits per heavy atom. The topological polar surface area (TPSA) is 52.8 Å². The molecule has 1 aromatic carbocycles. The number of hydrogen-bond acceptors (Lipinski definition) is 6. The highest BCUT2D eigenvalue weighted by Crippen LogP contribution is 2.30. The zero-order valence-electron chi connectivity index (χ0n) is 12.0. The van der Waals surface area contributed by atoms with Gasteiger partial charge in [-0.2, -0.15) is 4.68 Å². The summed E-state index contributed by atoms with van der Waals surface area (Å²) in [7, 11) is 1.64. The number of thioether (sulfide) groups is 1. The minimum atomic E-state index is 0.716. The molecule has 0 saturated carbocycles. The molecule has 0 bridgehead atoms. The van der Waals surface area contributed by atoms with Crippen LogP contribution >= 0.6 is 34.7 Å². The van der Waals surface area contributed by atoms with E-state index < -0.39 is 0 Å². The highest BCUT2D eigenvalue weighted by Gasteiger charge is 2.14. The van der Waals surface area contributed by atoms with Gasteiger partial charge in [-0.1, -0.05) is 29.4 Å². The van der Waals surface area contributed by atoms with Gasteiger partial charge in [0.25, 0.3) is 0 Å². The zero-order valence-corrected chi connectivity index (χ0v) is 14.4. The number of hydrogen-bond donors (Lipinski definition) is 0. The summed E-state index contributed by atoms with van der Waals surface area (Å²) in [5.74, 6) is 1.50. The second-order valence-corrected chi connectivity index (χ2v) is 7.29. The van der Waals surface area contributed by atoms with Crippen LogP contribution < -0.4 is 4.74 Å². The maximum absolute atomic E-state index is 5.95. The van der Waals surface area contributed by atoms with E-state index in [9.17, 15) is 0 Å². The smallest absolute Gasteiger partial charge is 0.214 e. The van der Waals surface area contributed by atoms with Crippen LogP contribution in [0.1, 0.15) is 10.4 Å². The fraction of sp³-hybridized carbons (Fsp3) is 0.214. The Morgan fingerprint density at radius 2 is 2.18 bits per heavy atom. The Labute approximate surface area is 141 Å². The van der Waals surface area contributed by atoms with Gasteiger partial charge in [0.1, 0.15) is 11.4 Å². The van der Waals surface area contributed by atoms with Gasteiger partial charge in [0, 0.05) is 10.6 Å². The second-order valence-electron chi connectivity index (χ2n) is 4.54. The molecular weight excluding hydrogens is 340 g/mol. The summed E-state index contributed by atoms with van der Waals surface area (Å²) < 4.78 is 7.89. The number of aromatic nitrogens is 4. The van der Waals surface area contributed by atoms with Crippen molar-refractivity contribution >= 4 is 34.7 Å². The third kappa shape index (κ3) is 3.26. The van der Waals surface area contributed by atoms with Crippen LogP contribution in [0.3, 0.4) is 0 Å². The lowest BCUT2D eigenvalue weighted by atomic mass is 10.2. The van der Waals surface area contributed by atoms with E-state index in [2.05, 4.69) is 15.5 Å². The molecule has 0 N–H and O–H groups in total. The van der Waals surface area contributed by atoms with Crippen LogP contribution in [-0.2, 0) is 5.75 Å². The van der Waals surface area contributed by atoms with E-state index in [4.69, 9.17) is 16.3 Å². The van der Waals surface area contributed by atoms with E-state index in [0.717, 1.165) is 27.1 Å². The maximum atomic E-state index is 5.95. The van der Waals surface area contributed by atoms with Crippen molar-refractivity contribution in [2.24, 2.45) is 0 Å². The molecule has 3 aromatic rings. The number of ether oxygens (including phenoxy) is 1. The molecule has 8 heteroatoms. The molecule has 0 fully saturated rings. The minimum absolute atomic E-state index is 0.716. The molecule has 0 radical (unpaired) electrons. The van der Waals surface area contributed by atoms with Crippen molar-refractivity contribution in [1.82, 2.24) is 20.2 Å². The Hall–Kier alpha value is -1.57. The van der Waals surface area contributed by atoms with Gasteiger partial charge < -0.3 is 4.74 Å². The Bertz CT molecular complexity index is 787. The molecule has 114 valence electrons. The number of aryl methyl sites for hydroxylation is 1. The lowest BCUT2D eigenvalue weighted by molar-refractivity contribution is 0.410. The van der Waals surface area contributed by atoms with Crippen molar-refractivity contribution in [2.75, 3.05) is 7.11 Å². The zero-order chi connectivity index (χ0) is 15.5. The van der Waals surface area contributed by atoms with Crippen molar-refractivity contribution < 1.29 is 4.74 Å². The molecule has 0 aliphatic heterocycles. The molecular formula is C14H13ClN4OS2. The summed E-state index contributed by atoms with van der Waals surface area (Å²) >= 11 is 9.08. The van der Waals surface area contributed by atoms with Crippen LogP contribution in [0, 0.1) is 6.92 Å². The summed E-state index contributed by atoms with van der Waals surface area (Å²) in [5, 5.41) is 12.7. The first-order valence-corrected chi connectivity index (χ1v) is 8.66. The fourth-order valence-electron chi connectivity index (χ4n) is 1.95. The van der Waals surface area contributed by atoms with Gasteiger partial charge in [-0.25, -0.2) is 0 Å². The number of rotatable bonds is 5. The SMILES string of the molecule is COc1ccc(C)cc1-n1nnnc1SCc1ccc(Cl)s1. The maximum Gasteiger partial charge on any atom is 0.214 e. The molecule has 0 saturated heterocycles. The molecule has 0 aliphatic rings. The first kappa shape index (κ1) is 15.3. The molecule has 0 atom stereocenters. The lowest BCUT2D eigenvalue weighted by Gasteiger charge is -2.10. The van der Waals surface area contributed by atoms with E-state index in [1.54, 1.807) is 34.9 Å². The molecule has 2 heterocycles. The summed E-state index contributed by atoms with van der Waals surface area (Å²) in [6, 6.07) is 9.82. The lowest BCUT2D eigenvalue weighted by Crippen LogP contribution is -2.02. The Balaban J connectivity index is 1.87. The summed E-state index contributed by atoms with van der Waals surface area (Å²) in [5.41, 5.74) is 1.95. The molecule has 0 spiro atoms. The number of benzene rings is 1. The van der Waals surface area contributed by atoms with Crippen molar-refractivity contribution in [1.29, 1.82) is 0 Å². The Kier molecular flexibility index (Phi) is 4.66. The molecule has 0 unspecified atom stereocenters. The third-order valence-corrected chi connectivity index (χ3v) is 5.36. The summed E-state index contributed by atoms with van der Waals surface area (Å²) in [4.78, 5) is 1.18. The Morgan fingerprint density at radius 3 is 2.91 bits per heavy atom. The van der Waals surface area contributed by atoms with Gasteiger partial charge in [-0.05, 0) is 47.2 Å². The standard InChI is InChI=1S/C14H13ClN4OS2/c1-9-3-5-12(20-2)11(7-9)19-14(16-17-18-19)21-8-10-4-6-13(15)22-10/h3-7H,8H2,1-2H3. The van der Waals surface area contributed by atoms with E-state index in [1.165, 1.54) is 4.88 Å². The van der Waals surface area contributed by atoms with Gasteiger partial charge >= 0.3 is 0 Å². The number of tetrazole rings is 1. The van der Waals surface area contributed by atoms with Crippen LogP contribution in [0.4, 0.5) is 0 Å². The van der Waals surface area contributed by atoms with Crippen molar-refractivity contribution in [3.05, 3.63) is 45.1 Å². The molecule has 22 heavy (non-hydrogen) atoms. The number of nitrogens with zero attached hydrogens (tertiary/aromatic N) is 4. The molecule has 2 aromatic heterocycles. The van der Waals surface area contributed by atoms with Crippen LogP contribution in [0.5, 0.6) is 5.75 Å². The second kappa shape index (κ2) is 6.68. The normalized spacial score (nSPS) is 10.9. The van der Waals surface area contributed by atoms with Crippen molar-refractivity contribution in [3.63, 3.8) is 0 Å². The van der Waals surface area contributed by atoms with Gasteiger partial charge in [-0.3, -0.25) is 0 Å². The first-order chi connectivity index (χ1) is 10.7. The van der Waals surface area contributed by atoms with E-state index in [-0.39, 0.29) is 0 Å². The predicted octanol–water partition coefficient (Wildman–Crippen LogP) is 3.99. The number of halogens is 1. The van der Waals surface area contributed by atoms with Crippen LogP contribution in [0.15, 0.2) is 35.5 Å². The first-order valence-electron chi connectivity index (χ1n) is 6.48. The fourth-order valence-corrected chi connectivity index (χ4v) is 3.97. The van der Waals surface area contributed by atoms with E-state index >= 15 is 0 Å². The van der Waals surface area contributed by atoms with Crippen molar-refractivity contribution in [2.45, 2.75) is 17.8 Å². The van der Waals surface area contributed by atoms with Crippen LogP contribution in [-0.4, -0.2) is 27.3 Å². The number of thiophene rings is 1. The largest absolute Gasteiger partial charge is 0.494 e. The van der Waals surface area contributed by atoms with E-state index in [0.29, 0.717) is 5.16 Å². The van der Waals surface area contributed by atoms with Crippen molar-refractivity contribution in [3.8, 4) is 11.4 Å². The average Bonchev–Trinajstić information content (AvgIpc) is 3.13. The van der Waals surface area contributed by atoms with Gasteiger partial charge in [0.05, 0.1) is 11.4 Å². The van der Waals surface area contributed by atoms with E-state index in [1.807, 2.05) is 37.3 Å². The molecule has 5 nitrogen and oxygen atoms in total. The molecule has 0 aliphatic carbocycles. The third-order valence-electron chi connectivity index (χ3n) is 2.98. The monoisotopic (exact) mass is 352 g/mol. The summed E-state index contributed by atoms with van der Waals surface area (Å²) in [6.07, 6.45) is 0. The van der Waals surface area contributed by atoms with Gasteiger partial charge in [0.15, 0.2) is 0 Å². The predicted molar refractivity (Wildman–Crippen MR) is 89.3 cm³/mol. The summed E-state index contributed by atoms with van der Waals surface area (Å²) in [6.45, 7) is 2.02. The van der Waals surface area contributed by atoms with Gasteiger partial charge in [-0.15, -0.1) is 16.4 Å². The minimum Gasteiger partial charge on any atom is -0.494 e. The average molecular weight is 353 g/mol. The van der Waals surface area contributed by atoms with Gasteiger partial charge in [0.2, 0.25) is 5.16 Å². The number of methoxy groups -OCH3 is 1. The van der Waals surface area contributed by atoms with Crippen LogP contribution in [0.2, 0.25) is 4.34 Å². The van der Waals surface area contributed by atoms with Crippen LogP contribution in [0.25, 0.3) is 5.69 Å².